The Bertz CT molecular complexity index is 941. The summed E-state index contributed by atoms with van der Waals surface area (Å²) in [6, 6.07) is 7.58. The molecule has 0 saturated carbocycles. The van der Waals surface area contributed by atoms with Gasteiger partial charge in [-0.15, -0.1) is 11.3 Å². The molecule has 27 heavy (non-hydrogen) atoms. The lowest BCUT2D eigenvalue weighted by Crippen LogP contribution is -2.28. The summed E-state index contributed by atoms with van der Waals surface area (Å²) in [5.74, 6) is 0. The van der Waals surface area contributed by atoms with Crippen LogP contribution in [0.15, 0.2) is 48.8 Å². The van der Waals surface area contributed by atoms with Crippen LogP contribution >= 0.6 is 11.3 Å². The Balaban J connectivity index is 1.62. The molecule has 2 amide bonds. The molecule has 0 atom stereocenters. The van der Waals surface area contributed by atoms with E-state index in [1.165, 1.54) is 23.5 Å². The topological polar surface area (TPSA) is 66.9 Å². The third-order valence-electron chi connectivity index (χ3n) is 3.66. The number of halogens is 3. The molecule has 0 saturated heterocycles. The molecule has 0 aliphatic rings. The fraction of sp³-hybridized carbons (Fsp3) is 0.167. The Morgan fingerprint density at radius 2 is 2.04 bits per heavy atom. The number of carbonyl (C=O) groups is 1. The number of anilines is 1. The molecule has 0 unspecified atom stereocenters. The summed E-state index contributed by atoms with van der Waals surface area (Å²) in [5.41, 5.74) is 0.905. The number of hydrogen-bond donors (Lipinski definition) is 2. The standard InChI is InChI=1S/C18H15F3N4OS/c1-11-15(27-16(24-11)12-4-3-7-22-9-12)10-23-17(26)25-14-6-2-5-13(8-14)18(19,20)21/h2-9H,10H2,1H3,(H2,23,25,26). The van der Waals surface area contributed by atoms with Gasteiger partial charge in [-0.3, -0.25) is 4.98 Å². The maximum atomic E-state index is 12.7. The predicted molar refractivity (Wildman–Crippen MR) is 97.4 cm³/mol. The fourth-order valence-electron chi connectivity index (χ4n) is 2.31. The van der Waals surface area contributed by atoms with Crippen LogP contribution in [0.5, 0.6) is 0 Å². The molecule has 9 heteroatoms. The van der Waals surface area contributed by atoms with Crippen molar-refractivity contribution in [3.63, 3.8) is 0 Å². The quantitative estimate of drug-likeness (QED) is 0.667. The van der Waals surface area contributed by atoms with Crippen LogP contribution in [0.1, 0.15) is 16.1 Å². The van der Waals surface area contributed by atoms with E-state index in [-0.39, 0.29) is 12.2 Å². The molecule has 5 nitrogen and oxygen atoms in total. The van der Waals surface area contributed by atoms with Crippen molar-refractivity contribution in [2.75, 3.05) is 5.32 Å². The molecule has 2 aromatic heterocycles. The van der Waals surface area contributed by atoms with Gasteiger partial charge in [0.1, 0.15) is 5.01 Å². The lowest BCUT2D eigenvalue weighted by molar-refractivity contribution is -0.137. The van der Waals surface area contributed by atoms with E-state index >= 15 is 0 Å². The minimum Gasteiger partial charge on any atom is -0.333 e. The average molecular weight is 392 g/mol. The number of amides is 2. The molecule has 0 bridgehead atoms. The molecule has 0 aliphatic carbocycles. The molecule has 1 aromatic carbocycles. The highest BCUT2D eigenvalue weighted by Crippen LogP contribution is 2.30. The second kappa shape index (κ2) is 7.75. The first-order valence-corrected chi connectivity index (χ1v) is 8.73. The normalized spacial score (nSPS) is 11.3. The van der Waals surface area contributed by atoms with Gasteiger partial charge in [0, 0.05) is 28.5 Å². The van der Waals surface area contributed by atoms with Gasteiger partial charge in [0.05, 0.1) is 17.8 Å². The maximum absolute atomic E-state index is 12.7. The predicted octanol–water partition coefficient (Wildman–Crippen LogP) is 4.85. The van der Waals surface area contributed by atoms with Gasteiger partial charge in [0.2, 0.25) is 0 Å². The molecule has 0 radical (unpaired) electrons. The smallest absolute Gasteiger partial charge is 0.333 e. The van der Waals surface area contributed by atoms with E-state index in [0.29, 0.717) is 0 Å². The van der Waals surface area contributed by atoms with Gasteiger partial charge in [0.25, 0.3) is 0 Å². The average Bonchev–Trinajstić information content (AvgIpc) is 3.01. The zero-order chi connectivity index (χ0) is 19.4. The Morgan fingerprint density at radius 1 is 1.22 bits per heavy atom. The SMILES string of the molecule is Cc1nc(-c2cccnc2)sc1CNC(=O)Nc1cccc(C(F)(F)F)c1. The number of nitrogens with zero attached hydrogens (tertiary/aromatic N) is 2. The van der Waals surface area contributed by atoms with Crippen molar-refractivity contribution in [2.24, 2.45) is 0 Å². The largest absolute Gasteiger partial charge is 0.416 e. The molecule has 3 aromatic rings. The summed E-state index contributed by atoms with van der Waals surface area (Å²) in [6.07, 6.45) is -1.09. The van der Waals surface area contributed by atoms with E-state index in [1.54, 1.807) is 12.4 Å². The number of alkyl halides is 3. The number of rotatable bonds is 4. The van der Waals surface area contributed by atoms with Gasteiger partial charge in [-0.1, -0.05) is 6.07 Å². The third kappa shape index (κ3) is 4.82. The summed E-state index contributed by atoms with van der Waals surface area (Å²) in [6.45, 7) is 2.05. The van der Waals surface area contributed by atoms with Crippen molar-refractivity contribution in [1.82, 2.24) is 15.3 Å². The number of aromatic nitrogens is 2. The molecular formula is C18H15F3N4OS. The number of pyridine rings is 1. The maximum Gasteiger partial charge on any atom is 0.416 e. The van der Waals surface area contributed by atoms with Crippen LogP contribution in [-0.4, -0.2) is 16.0 Å². The minimum atomic E-state index is -4.46. The van der Waals surface area contributed by atoms with Crippen molar-refractivity contribution in [3.8, 4) is 10.6 Å². The summed E-state index contributed by atoms with van der Waals surface area (Å²) >= 11 is 1.42. The van der Waals surface area contributed by atoms with Gasteiger partial charge in [-0.2, -0.15) is 13.2 Å². The highest BCUT2D eigenvalue weighted by molar-refractivity contribution is 7.15. The van der Waals surface area contributed by atoms with Gasteiger partial charge in [-0.25, -0.2) is 9.78 Å². The van der Waals surface area contributed by atoms with Crippen LogP contribution in [0.25, 0.3) is 10.6 Å². The highest BCUT2D eigenvalue weighted by atomic mass is 32.1. The molecule has 0 spiro atoms. The van der Waals surface area contributed by atoms with Crippen molar-refractivity contribution >= 4 is 23.1 Å². The number of benzene rings is 1. The second-order valence-electron chi connectivity index (χ2n) is 5.66. The molecule has 2 heterocycles. The lowest BCUT2D eigenvalue weighted by Gasteiger charge is -2.10. The highest BCUT2D eigenvalue weighted by Gasteiger charge is 2.30. The summed E-state index contributed by atoms with van der Waals surface area (Å²) < 4.78 is 38.2. The Hall–Kier alpha value is -2.94. The van der Waals surface area contributed by atoms with Crippen LogP contribution in [-0.2, 0) is 12.7 Å². The van der Waals surface area contributed by atoms with E-state index in [0.717, 1.165) is 33.3 Å². The molecule has 0 aliphatic heterocycles. The van der Waals surface area contributed by atoms with Crippen molar-refractivity contribution < 1.29 is 18.0 Å². The summed E-state index contributed by atoms with van der Waals surface area (Å²) in [4.78, 5) is 21.4. The number of aryl methyl sites for hydroxylation is 1. The second-order valence-corrected chi connectivity index (χ2v) is 6.74. The molecule has 2 N–H and O–H groups in total. The Kier molecular flexibility index (Phi) is 5.41. The lowest BCUT2D eigenvalue weighted by atomic mass is 10.2. The van der Waals surface area contributed by atoms with Crippen LogP contribution in [0.4, 0.5) is 23.7 Å². The number of nitrogens with one attached hydrogen (secondary N) is 2. The van der Waals surface area contributed by atoms with E-state index in [4.69, 9.17) is 0 Å². The number of thiazole rings is 1. The van der Waals surface area contributed by atoms with Crippen LogP contribution in [0, 0.1) is 6.92 Å². The van der Waals surface area contributed by atoms with Crippen LogP contribution in [0.2, 0.25) is 0 Å². The van der Waals surface area contributed by atoms with Crippen molar-refractivity contribution in [2.45, 2.75) is 19.6 Å². The van der Waals surface area contributed by atoms with E-state index in [2.05, 4.69) is 20.6 Å². The first-order valence-electron chi connectivity index (χ1n) is 7.92. The van der Waals surface area contributed by atoms with E-state index in [9.17, 15) is 18.0 Å². The zero-order valence-electron chi connectivity index (χ0n) is 14.2. The van der Waals surface area contributed by atoms with Gasteiger partial charge >= 0.3 is 12.2 Å². The zero-order valence-corrected chi connectivity index (χ0v) is 15.0. The Labute approximate surface area is 157 Å². The number of urea groups is 1. The third-order valence-corrected chi connectivity index (χ3v) is 4.86. The molecular weight excluding hydrogens is 377 g/mol. The van der Waals surface area contributed by atoms with E-state index < -0.39 is 17.8 Å². The van der Waals surface area contributed by atoms with Gasteiger partial charge in [-0.05, 0) is 37.3 Å². The summed E-state index contributed by atoms with van der Waals surface area (Å²) in [7, 11) is 0. The Morgan fingerprint density at radius 3 is 2.74 bits per heavy atom. The van der Waals surface area contributed by atoms with Gasteiger partial charge < -0.3 is 10.6 Å². The monoisotopic (exact) mass is 392 g/mol. The summed E-state index contributed by atoms with van der Waals surface area (Å²) in [5, 5.41) is 5.83. The number of carbonyl (C=O) groups excluding carboxylic acids is 1. The fourth-order valence-corrected chi connectivity index (χ4v) is 3.31. The van der Waals surface area contributed by atoms with Crippen LogP contribution < -0.4 is 10.6 Å². The van der Waals surface area contributed by atoms with Crippen molar-refractivity contribution in [3.05, 3.63) is 64.9 Å². The first-order chi connectivity index (χ1) is 12.8. The first kappa shape index (κ1) is 18.8. The molecule has 140 valence electrons. The molecule has 3 rings (SSSR count). The van der Waals surface area contributed by atoms with Crippen molar-refractivity contribution in [1.29, 1.82) is 0 Å². The van der Waals surface area contributed by atoms with Crippen LogP contribution in [0.3, 0.4) is 0 Å². The number of hydrogen-bond acceptors (Lipinski definition) is 4. The van der Waals surface area contributed by atoms with E-state index in [1.807, 2.05) is 19.1 Å². The molecule has 0 fully saturated rings. The van der Waals surface area contributed by atoms with Gasteiger partial charge in [0.15, 0.2) is 0 Å². The minimum absolute atomic E-state index is 0.0689.